The maximum absolute atomic E-state index is 12.3. The van der Waals surface area contributed by atoms with Crippen LogP contribution in [0.1, 0.15) is 27.2 Å². The summed E-state index contributed by atoms with van der Waals surface area (Å²) in [7, 11) is 0. The van der Waals surface area contributed by atoms with Crippen LogP contribution in [0.2, 0.25) is 0 Å². The minimum Gasteiger partial charge on any atom is -0.460 e. The molecule has 0 radical (unpaired) electrons. The fourth-order valence-corrected chi connectivity index (χ4v) is 1.92. The predicted molar refractivity (Wildman–Crippen MR) is 64.8 cm³/mol. The molecular weight excluding hydrogens is 277 g/mol. The van der Waals surface area contributed by atoms with Gasteiger partial charge < -0.3 is 15.4 Å². The Labute approximate surface area is 115 Å². The van der Waals surface area contributed by atoms with Gasteiger partial charge in [0.15, 0.2) is 0 Å². The van der Waals surface area contributed by atoms with Gasteiger partial charge in [-0.3, -0.25) is 9.59 Å². The summed E-state index contributed by atoms with van der Waals surface area (Å²) in [4.78, 5) is 22.9. The van der Waals surface area contributed by atoms with Gasteiger partial charge in [-0.05, 0) is 33.7 Å². The van der Waals surface area contributed by atoms with Gasteiger partial charge in [0.2, 0.25) is 0 Å². The molecule has 1 rings (SSSR count). The molecule has 0 aromatic carbocycles. The van der Waals surface area contributed by atoms with E-state index in [1.807, 2.05) is 5.32 Å². The lowest BCUT2D eigenvalue weighted by Gasteiger charge is -2.33. The van der Waals surface area contributed by atoms with Gasteiger partial charge in [-0.2, -0.15) is 13.2 Å². The zero-order valence-electron chi connectivity index (χ0n) is 11.6. The van der Waals surface area contributed by atoms with Crippen molar-refractivity contribution < 1.29 is 27.5 Å². The number of carbonyl (C=O) groups excluding carboxylic acids is 2. The fraction of sp³-hybridized carbons (Fsp3) is 0.833. The number of hydrogen-bond acceptors (Lipinski definition) is 4. The highest BCUT2D eigenvalue weighted by Gasteiger charge is 2.43. The summed E-state index contributed by atoms with van der Waals surface area (Å²) in [6.45, 7) is 5.62. The number of ether oxygens (including phenoxy) is 1. The maximum atomic E-state index is 12.3. The third kappa shape index (κ3) is 4.99. The lowest BCUT2D eigenvalue weighted by Crippen LogP contribution is -2.56. The van der Waals surface area contributed by atoms with Gasteiger partial charge in [-0.1, -0.05) is 0 Å². The van der Waals surface area contributed by atoms with Crippen molar-refractivity contribution in [2.24, 2.45) is 5.92 Å². The summed E-state index contributed by atoms with van der Waals surface area (Å²) in [5, 5.41) is 4.70. The monoisotopic (exact) mass is 296 g/mol. The van der Waals surface area contributed by atoms with Gasteiger partial charge in [0.05, 0.1) is 12.0 Å². The standard InChI is InChI=1S/C12H19F3N2O3/c1-11(2,3)20-9(18)7-4-5-16-6-8(7)17-10(19)12(13,14)15/h7-8,16H,4-6H2,1-3H3,(H,17,19)/t7-,8-/m1/s1. The SMILES string of the molecule is CC(C)(C)OC(=O)[C@@H]1CCNC[C@H]1NC(=O)C(F)(F)F. The van der Waals surface area contributed by atoms with E-state index in [-0.39, 0.29) is 6.54 Å². The van der Waals surface area contributed by atoms with E-state index in [9.17, 15) is 22.8 Å². The van der Waals surface area contributed by atoms with Crippen molar-refractivity contribution in [2.45, 2.75) is 45.0 Å². The first-order valence-electron chi connectivity index (χ1n) is 6.32. The topological polar surface area (TPSA) is 67.4 Å². The summed E-state index contributed by atoms with van der Waals surface area (Å²) in [6, 6.07) is -0.923. The van der Waals surface area contributed by atoms with Gasteiger partial charge in [-0.15, -0.1) is 0 Å². The van der Waals surface area contributed by atoms with Crippen LogP contribution in [0.25, 0.3) is 0 Å². The Bertz CT molecular complexity index is 377. The lowest BCUT2D eigenvalue weighted by molar-refractivity contribution is -0.176. The molecule has 1 aliphatic heterocycles. The second kappa shape index (κ2) is 5.99. The third-order valence-electron chi connectivity index (χ3n) is 2.77. The van der Waals surface area contributed by atoms with E-state index in [1.54, 1.807) is 20.8 Å². The molecule has 2 N–H and O–H groups in total. The fourth-order valence-electron chi connectivity index (χ4n) is 1.92. The molecule has 2 atom stereocenters. The molecule has 116 valence electrons. The predicted octanol–water partition coefficient (Wildman–Crippen LogP) is 0.985. The zero-order valence-corrected chi connectivity index (χ0v) is 11.6. The van der Waals surface area contributed by atoms with Crippen LogP contribution in [-0.2, 0) is 14.3 Å². The zero-order chi connectivity index (χ0) is 15.6. The maximum Gasteiger partial charge on any atom is 0.471 e. The lowest BCUT2D eigenvalue weighted by atomic mass is 9.92. The van der Waals surface area contributed by atoms with Crippen LogP contribution in [0, 0.1) is 5.92 Å². The van der Waals surface area contributed by atoms with E-state index >= 15 is 0 Å². The molecule has 1 fully saturated rings. The summed E-state index contributed by atoms with van der Waals surface area (Å²) in [6.07, 6.45) is -4.65. The largest absolute Gasteiger partial charge is 0.471 e. The number of hydrogen-bond donors (Lipinski definition) is 2. The summed E-state index contributed by atoms with van der Waals surface area (Å²) in [5.41, 5.74) is -0.722. The second-order valence-corrected chi connectivity index (χ2v) is 5.71. The quantitative estimate of drug-likeness (QED) is 0.746. The van der Waals surface area contributed by atoms with Gasteiger partial charge in [0.25, 0.3) is 0 Å². The number of halogens is 3. The van der Waals surface area contributed by atoms with Crippen LogP contribution in [-0.4, -0.2) is 42.8 Å². The molecule has 1 heterocycles. The van der Waals surface area contributed by atoms with Crippen LogP contribution >= 0.6 is 0 Å². The first-order chi connectivity index (χ1) is 9.00. The molecule has 8 heteroatoms. The number of esters is 1. The summed E-state index contributed by atoms with van der Waals surface area (Å²) >= 11 is 0. The summed E-state index contributed by atoms with van der Waals surface area (Å²) in [5.74, 6) is -3.41. The molecule has 0 aromatic rings. The van der Waals surface area contributed by atoms with Gasteiger partial charge in [0.1, 0.15) is 5.60 Å². The van der Waals surface area contributed by atoms with Crippen LogP contribution < -0.4 is 10.6 Å². The van der Waals surface area contributed by atoms with Crippen molar-refractivity contribution in [3.8, 4) is 0 Å². The number of carbonyl (C=O) groups is 2. The van der Waals surface area contributed by atoms with Crippen molar-refractivity contribution in [1.29, 1.82) is 0 Å². The first-order valence-corrected chi connectivity index (χ1v) is 6.32. The molecular formula is C12H19F3N2O3. The van der Waals surface area contributed by atoms with Crippen molar-refractivity contribution in [3.05, 3.63) is 0 Å². The molecule has 0 unspecified atom stereocenters. The van der Waals surface area contributed by atoms with E-state index in [0.717, 1.165) is 0 Å². The molecule has 0 spiro atoms. The Morgan fingerprint density at radius 1 is 1.25 bits per heavy atom. The Kier molecular flexibility index (Phi) is 5.01. The van der Waals surface area contributed by atoms with Crippen molar-refractivity contribution >= 4 is 11.9 Å². The Balaban J connectivity index is 2.72. The number of rotatable bonds is 2. The van der Waals surface area contributed by atoms with E-state index in [1.165, 1.54) is 0 Å². The van der Waals surface area contributed by atoms with E-state index < -0.39 is 35.6 Å². The smallest absolute Gasteiger partial charge is 0.460 e. The molecule has 0 bridgehead atoms. The first kappa shape index (κ1) is 16.7. The van der Waals surface area contributed by atoms with Crippen LogP contribution in [0.4, 0.5) is 13.2 Å². The highest BCUT2D eigenvalue weighted by Crippen LogP contribution is 2.21. The van der Waals surface area contributed by atoms with E-state index in [2.05, 4.69) is 5.32 Å². The average molecular weight is 296 g/mol. The Morgan fingerprint density at radius 3 is 2.35 bits per heavy atom. The number of alkyl halides is 3. The molecule has 5 nitrogen and oxygen atoms in total. The minimum absolute atomic E-state index is 0.103. The number of piperidine rings is 1. The summed E-state index contributed by atoms with van der Waals surface area (Å²) < 4.78 is 41.9. The highest BCUT2D eigenvalue weighted by molar-refractivity contribution is 5.83. The van der Waals surface area contributed by atoms with Gasteiger partial charge in [-0.25, -0.2) is 0 Å². The minimum atomic E-state index is -4.96. The van der Waals surface area contributed by atoms with E-state index in [4.69, 9.17) is 4.74 Å². The molecule has 1 aliphatic rings. The molecule has 0 saturated carbocycles. The molecule has 0 aliphatic carbocycles. The molecule has 20 heavy (non-hydrogen) atoms. The van der Waals surface area contributed by atoms with Crippen LogP contribution in [0.3, 0.4) is 0 Å². The van der Waals surface area contributed by atoms with Gasteiger partial charge >= 0.3 is 18.1 Å². The third-order valence-corrected chi connectivity index (χ3v) is 2.77. The van der Waals surface area contributed by atoms with Crippen LogP contribution in [0.5, 0.6) is 0 Å². The number of amides is 1. The van der Waals surface area contributed by atoms with Crippen molar-refractivity contribution in [3.63, 3.8) is 0 Å². The number of nitrogens with one attached hydrogen (secondary N) is 2. The Hall–Kier alpha value is -1.31. The van der Waals surface area contributed by atoms with Crippen LogP contribution in [0.15, 0.2) is 0 Å². The highest BCUT2D eigenvalue weighted by atomic mass is 19.4. The van der Waals surface area contributed by atoms with Gasteiger partial charge in [0, 0.05) is 6.54 Å². The normalized spacial score (nSPS) is 24.1. The molecule has 1 amide bonds. The van der Waals surface area contributed by atoms with E-state index in [0.29, 0.717) is 13.0 Å². The second-order valence-electron chi connectivity index (χ2n) is 5.71. The Morgan fingerprint density at radius 2 is 1.85 bits per heavy atom. The molecule has 0 aromatic heterocycles. The van der Waals surface area contributed by atoms with Crippen molar-refractivity contribution in [1.82, 2.24) is 10.6 Å². The molecule has 1 saturated heterocycles. The average Bonchev–Trinajstić information content (AvgIpc) is 2.25. The van der Waals surface area contributed by atoms with Crippen molar-refractivity contribution in [2.75, 3.05) is 13.1 Å².